The molecule has 0 bridgehead atoms. The van der Waals surface area contributed by atoms with Gasteiger partial charge in [0.2, 0.25) is 5.91 Å². The molecule has 4 heteroatoms. The number of nitrogens with one attached hydrogen (secondary N) is 1. The Morgan fingerprint density at radius 3 is 2.52 bits per heavy atom. The average molecular weight is 322 g/mol. The number of thioether (sulfide) groups is 1. The molecule has 0 aliphatic rings. The number of aryl methyl sites for hydroxylation is 2. The maximum atomic E-state index is 12.2. The number of carbonyl (C=O) groups excluding carboxylic acids is 1. The third-order valence-corrected chi connectivity index (χ3v) is 4.60. The standard InChI is InChI=1S/C19H18N2OS/c1-13-6-5-7-14(2)19(13)21-17(22)12-23-18-11-10-15-8-3-4-9-16(15)20-18/h3-11H,12H2,1-2H3,(H,21,22). The number of amides is 1. The van der Waals surface area contributed by atoms with Gasteiger partial charge in [-0.2, -0.15) is 0 Å². The molecule has 116 valence electrons. The lowest BCUT2D eigenvalue weighted by atomic mass is 10.1. The molecule has 0 spiro atoms. The van der Waals surface area contributed by atoms with Crippen molar-refractivity contribution >= 4 is 34.3 Å². The summed E-state index contributed by atoms with van der Waals surface area (Å²) >= 11 is 1.45. The molecule has 3 aromatic rings. The van der Waals surface area contributed by atoms with Crippen LogP contribution in [0.25, 0.3) is 10.9 Å². The van der Waals surface area contributed by atoms with E-state index < -0.39 is 0 Å². The Morgan fingerprint density at radius 2 is 1.74 bits per heavy atom. The fourth-order valence-electron chi connectivity index (χ4n) is 2.45. The molecule has 2 aromatic carbocycles. The number of hydrogen-bond acceptors (Lipinski definition) is 3. The number of carbonyl (C=O) groups is 1. The first-order chi connectivity index (χ1) is 11.1. The van der Waals surface area contributed by atoms with Crippen LogP contribution in [0.4, 0.5) is 5.69 Å². The van der Waals surface area contributed by atoms with E-state index >= 15 is 0 Å². The highest BCUT2D eigenvalue weighted by atomic mass is 32.2. The Kier molecular flexibility index (Phi) is 4.63. The van der Waals surface area contributed by atoms with Gasteiger partial charge in [-0.05, 0) is 37.1 Å². The SMILES string of the molecule is Cc1cccc(C)c1NC(=O)CSc1ccc2ccccc2n1. The summed E-state index contributed by atoms with van der Waals surface area (Å²) in [6.45, 7) is 4.00. The number of pyridine rings is 1. The van der Waals surface area contributed by atoms with Gasteiger partial charge in [-0.15, -0.1) is 0 Å². The van der Waals surface area contributed by atoms with Crippen LogP contribution < -0.4 is 5.32 Å². The van der Waals surface area contributed by atoms with Crippen LogP contribution in [-0.4, -0.2) is 16.6 Å². The van der Waals surface area contributed by atoms with E-state index in [4.69, 9.17) is 0 Å². The first-order valence-corrected chi connectivity index (χ1v) is 8.47. The summed E-state index contributed by atoms with van der Waals surface area (Å²) in [5, 5.41) is 4.97. The van der Waals surface area contributed by atoms with E-state index in [2.05, 4.69) is 10.3 Å². The van der Waals surface area contributed by atoms with E-state index in [-0.39, 0.29) is 5.91 Å². The van der Waals surface area contributed by atoms with E-state index in [1.54, 1.807) is 0 Å². The van der Waals surface area contributed by atoms with Crippen LogP contribution in [0.5, 0.6) is 0 Å². The van der Waals surface area contributed by atoms with Crippen molar-refractivity contribution < 1.29 is 4.79 Å². The van der Waals surface area contributed by atoms with Gasteiger partial charge in [0.1, 0.15) is 0 Å². The fourth-order valence-corrected chi connectivity index (χ4v) is 3.13. The van der Waals surface area contributed by atoms with E-state index in [0.29, 0.717) is 5.75 Å². The van der Waals surface area contributed by atoms with Gasteiger partial charge in [-0.25, -0.2) is 4.98 Å². The largest absolute Gasteiger partial charge is 0.325 e. The number of benzene rings is 2. The third-order valence-electron chi connectivity index (χ3n) is 3.67. The minimum atomic E-state index is -0.0117. The van der Waals surface area contributed by atoms with Gasteiger partial charge < -0.3 is 5.32 Å². The van der Waals surface area contributed by atoms with Crippen molar-refractivity contribution in [3.8, 4) is 0 Å². The molecule has 0 radical (unpaired) electrons. The van der Waals surface area contributed by atoms with Crippen LogP contribution in [0.2, 0.25) is 0 Å². The number of fused-ring (bicyclic) bond motifs is 1. The second kappa shape index (κ2) is 6.84. The van der Waals surface area contributed by atoms with Gasteiger partial charge in [0, 0.05) is 11.1 Å². The molecule has 0 aliphatic heterocycles. The van der Waals surface area contributed by atoms with Crippen LogP contribution >= 0.6 is 11.8 Å². The van der Waals surface area contributed by atoms with Crippen molar-refractivity contribution in [2.24, 2.45) is 0 Å². The molecule has 1 N–H and O–H groups in total. The molecule has 3 rings (SSSR count). The van der Waals surface area contributed by atoms with Crippen LogP contribution in [0, 0.1) is 13.8 Å². The van der Waals surface area contributed by atoms with Gasteiger partial charge in [0.15, 0.2) is 0 Å². The van der Waals surface area contributed by atoms with Crippen molar-refractivity contribution in [2.75, 3.05) is 11.1 Å². The van der Waals surface area contributed by atoms with Gasteiger partial charge >= 0.3 is 0 Å². The molecular weight excluding hydrogens is 304 g/mol. The number of nitrogens with zero attached hydrogens (tertiary/aromatic N) is 1. The minimum absolute atomic E-state index is 0.0117. The topological polar surface area (TPSA) is 42.0 Å². The lowest BCUT2D eigenvalue weighted by Gasteiger charge is -2.11. The Balaban J connectivity index is 1.66. The maximum Gasteiger partial charge on any atom is 0.234 e. The Hall–Kier alpha value is -2.33. The van der Waals surface area contributed by atoms with E-state index in [0.717, 1.165) is 32.7 Å². The summed E-state index contributed by atoms with van der Waals surface area (Å²) in [6.07, 6.45) is 0. The van der Waals surface area contributed by atoms with Crippen molar-refractivity contribution in [1.82, 2.24) is 4.98 Å². The molecule has 1 aromatic heterocycles. The lowest BCUT2D eigenvalue weighted by Crippen LogP contribution is -2.15. The molecule has 0 unspecified atom stereocenters. The molecule has 0 aliphatic carbocycles. The normalized spacial score (nSPS) is 10.7. The first kappa shape index (κ1) is 15.6. The number of para-hydroxylation sites is 2. The van der Waals surface area contributed by atoms with Crippen LogP contribution in [-0.2, 0) is 4.79 Å². The van der Waals surface area contributed by atoms with Crippen LogP contribution in [0.1, 0.15) is 11.1 Å². The average Bonchev–Trinajstić information content (AvgIpc) is 2.56. The third kappa shape index (κ3) is 3.71. The summed E-state index contributed by atoms with van der Waals surface area (Å²) in [7, 11) is 0. The number of rotatable bonds is 4. The smallest absolute Gasteiger partial charge is 0.234 e. The molecule has 3 nitrogen and oxygen atoms in total. The maximum absolute atomic E-state index is 12.2. The second-order valence-corrected chi connectivity index (χ2v) is 6.44. The molecule has 0 fully saturated rings. The van der Waals surface area contributed by atoms with Crippen molar-refractivity contribution in [3.63, 3.8) is 0 Å². The van der Waals surface area contributed by atoms with Gasteiger partial charge in [0.25, 0.3) is 0 Å². The van der Waals surface area contributed by atoms with E-state index in [1.165, 1.54) is 11.8 Å². The van der Waals surface area contributed by atoms with Crippen LogP contribution in [0.3, 0.4) is 0 Å². The summed E-state index contributed by atoms with van der Waals surface area (Å²) < 4.78 is 0. The van der Waals surface area contributed by atoms with Gasteiger partial charge in [0.05, 0.1) is 16.3 Å². The van der Waals surface area contributed by atoms with E-state index in [1.807, 2.05) is 68.4 Å². The Labute approximate surface area is 140 Å². The highest BCUT2D eigenvalue weighted by Gasteiger charge is 2.08. The molecule has 0 saturated heterocycles. The minimum Gasteiger partial charge on any atom is -0.325 e. The zero-order valence-corrected chi connectivity index (χ0v) is 14.0. The number of hydrogen-bond donors (Lipinski definition) is 1. The molecule has 0 atom stereocenters. The summed E-state index contributed by atoms with van der Waals surface area (Å²) in [6, 6.07) is 18.0. The highest BCUT2D eigenvalue weighted by molar-refractivity contribution is 7.99. The molecule has 0 saturated carbocycles. The predicted molar refractivity (Wildman–Crippen MR) is 97.0 cm³/mol. The van der Waals surface area contributed by atoms with Crippen molar-refractivity contribution in [1.29, 1.82) is 0 Å². The summed E-state index contributed by atoms with van der Waals surface area (Å²) in [5.41, 5.74) is 4.01. The zero-order chi connectivity index (χ0) is 16.2. The van der Waals surface area contributed by atoms with E-state index in [9.17, 15) is 4.79 Å². The first-order valence-electron chi connectivity index (χ1n) is 7.48. The quantitative estimate of drug-likeness (QED) is 0.715. The predicted octanol–water partition coefficient (Wildman–Crippen LogP) is 4.58. The molecular formula is C19H18N2OS. The number of aromatic nitrogens is 1. The monoisotopic (exact) mass is 322 g/mol. The summed E-state index contributed by atoms with van der Waals surface area (Å²) in [4.78, 5) is 16.8. The molecule has 23 heavy (non-hydrogen) atoms. The van der Waals surface area contributed by atoms with Crippen molar-refractivity contribution in [3.05, 3.63) is 65.7 Å². The van der Waals surface area contributed by atoms with Gasteiger partial charge in [-0.3, -0.25) is 4.79 Å². The molecule has 1 heterocycles. The lowest BCUT2D eigenvalue weighted by molar-refractivity contribution is -0.113. The zero-order valence-electron chi connectivity index (χ0n) is 13.2. The Morgan fingerprint density at radius 1 is 1.00 bits per heavy atom. The molecule has 1 amide bonds. The number of anilines is 1. The highest BCUT2D eigenvalue weighted by Crippen LogP contribution is 2.22. The van der Waals surface area contributed by atoms with Gasteiger partial charge in [-0.1, -0.05) is 54.2 Å². The Bertz CT molecular complexity index is 841. The van der Waals surface area contributed by atoms with Crippen molar-refractivity contribution in [2.45, 2.75) is 18.9 Å². The summed E-state index contributed by atoms with van der Waals surface area (Å²) in [5.74, 6) is 0.335. The second-order valence-electron chi connectivity index (χ2n) is 5.45. The van der Waals surface area contributed by atoms with Crippen LogP contribution in [0.15, 0.2) is 59.6 Å². The fraction of sp³-hybridized carbons (Fsp3) is 0.158.